The largest absolute Gasteiger partial charge is 0.381 e. The van der Waals surface area contributed by atoms with Crippen LogP contribution in [0.15, 0.2) is 16.7 Å². The number of aromatic nitrogens is 1. The van der Waals surface area contributed by atoms with E-state index >= 15 is 0 Å². The molecule has 94 valence electrons. The Morgan fingerprint density at radius 3 is 2.88 bits per heavy atom. The summed E-state index contributed by atoms with van der Waals surface area (Å²) in [4.78, 5) is 4.29. The van der Waals surface area contributed by atoms with E-state index in [4.69, 9.17) is 16.3 Å². The lowest BCUT2D eigenvalue weighted by Crippen LogP contribution is -2.31. The minimum Gasteiger partial charge on any atom is -0.381 e. The van der Waals surface area contributed by atoms with Gasteiger partial charge >= 0.3 is 0 Å². The van der Waals surface area contributed by atoms with Crippen LogP contribution < -0.4 is 5.32 Å². The topological polar surface area (TPSA) is 34.2 Å². The van der Waals surface area contributed by atoms with E-state index in [1.54, 1.807) is 6.20 Å². The molecule has 1 N–H and O–H groups in total. The van der Waals surface area contributed by atoms with Crippen molar-refractivity contribution in [2.75, 3.05) is 18.5 Å². The fraction of sp³-hybridized carbons (Fsp3) is 0.583. The maximum Gasteiger partial charge on any atom is 0.145 e. The summed E-state index contributed by atoms with van der Waals surface area (Å²) in [5, 5.41) is 4.04. The second kappa shape index (κ2) is 6.03. The molecule has 1 aliphatic rings. The molecule has 2 heterocycles. The first-order valence-corrected chi connectivity index (χ1v) is 6.99. The molecule has 0 bridgehead atoms. The molecule has 1 aromatic rings. The van der Waals surface area contributed by atoms with Crippen LogP contribution in [0.1, 0.15) is 19.8 Å². The molecule has 0 aliphatic carbocycles. The first-order chi connectivity index (χ1) is 8.16. The van der Waals surface area contributed by atoms with E-state index in [2.05, 4.69) is 33.2 Å². The summed E-state index contributed by atoms with van der Waals surface area (Å²) in [7, 11) is 0. The molecule has 0 spiro atoms. The highest BCUT2D eigenvalue weighted by molar-refractivity contribution is 9.10. The monoisotopic (exact) mass is 318 g/mol. The molecule has 2 rings (SSSR count). The van der Waals surface area contributed by atoms with Gasteiger partial charge in [0.05, 0.1) is 5.02 Å². The molecule has 0 aromatic carbocycles. The van der Waals surface area contributed by atoms with Gasteiger partial charge in [0.25, 0.3) is 0 Å². The Balaban J connectivity index is 1.99. The first kappa shape index (κ1) is 13.1. The SMILES string of the molecule is CC(Nc1ncc(Br)cc1Cl)C1CCOCC1. The van der Waals surface area contributed by atoms with Crippen molar-refractivity contribution < 1.29 is 4.74 Å². The van der Waals surface area contributed by atoms with Crippen LogP contribution in [-0.4, -0.2) is 24.2 Å². The van der Waals surface area contributed by atoms with Gasteiger partial charge in [-0.15, -0.1) is 0 Å². The summed E-state index contributed by atoms with van der Waals surface area (Å²) in [6, 6.07) is 2.22. The average Bonchev–Trinajstić information content (AvgIpc) is 2.34. The minimum absolute atomic E-state index is 0.366. The number of pyridine rings is 1. The second-order valence-corrected chi connectivity index (χ2v) is 5.69. The molecular formula is C12H16BrClN2O. The van der Waals surface area contributed by atoms with Gasteiger partial charge in [-0.05, 0) is 47.7 Å². The van der Waals surface area contributed by atoms with Crippen LogP contribution in [0.5, 0.6) is 0 Å². The molecule has 5 heteroatoms. The Hall–Kier alpha value is -0.320. The molecule has 1 saturated heterocycles. The van der Waals surface area contributed by atoms with Gasteiger partial charge in [0, 0.05) is 29.9 Å². The number of hydrogen-bond acceptors (Lipinski definition) is 3. The van der Waals surface area contributed by atoms with Crippen molar-refractivity contribution in [2.24, 2.45) is 5.92 Å². The molecule has 1 fully saturated rings. The van der Waals surface area contributed by atoms with Gasteiger partial charge in [0.15, 0.2) is 0 Å². The lowest BCUT2D eigenvalue weighted by Gasteiger charge is -2.28. The smallest absolute Gasteiger partial charge is 0.145 e. The Labute approximate surface area is 115 Å². The molecule has 0 saturated carbocycles. The zero-order valence-electron chi connectivity index (χ0n) is 9.75. The fourth-order valence-corrected chi connectivity index (χ4v) is 2.75. The van der Waals surface area contributed by atoms with Crippen LogP contribution >= 0.6 is 27.5 Å². The first-order valence-electron chi connectivity index (χ1n) is 5.82. The maximum absolute atomic E-state index is 6.13. The van der Waals surface area contributed by atoms with Crippen LogP contribution in [0, 0.1) is 5.92 Å². The third-order valence-corrected chi connectivity index (χ3v) is 3.87. The van der Waals surface area contributed by atoms with Crippen molar-refractivity contribution in [3.05, 3.63) is 21.8 Å². The molecule has 1 aliphatic heterocycles. The second-order valence-electron chi connectivity index (χ2n) is 4.37. The Morgan fingerprint density at radius 2 is 2.24 bits per heavy atom. The number of rotatable bonds is 3. The van der Waals surface area contributed by atoms with Crippen molar-refractivity contribution in [3.8, 4) is 0 Å². The number of halogens is 2. The van der Waals surface area contributed by atoms with Gasteiger partial charge in [-0.3, -0.25) is 0 Å². The number of hydrogen-bond donors (Lipinski definition) is 1. The van der Waals surface area contributed by atoms with Crippen molar-refractivity contribution >= 4 is 33.3 Å². The highest BCUT2D eigenvalue weighted by Gasteiger charge is 2.21. The molecule has 0 radical (unpaired) electrons. The summed E-state index contributed by atoms with van der Waals surface area (Å²) in [5.41, 5.74) is 0. The third kappa shape index (κ3) is 3.57. The number of anilines is 1. The molecule has 0 amide bonds. The summed E-state index contributed by atoms with van der Waals surface area (Å²) in [6.07, 6.45) is 3.95. The van der Waals surface area contributed by atoms with Crippen molar-refractivity contribution in [1.29, 1.82) is 0 Å². The summed E-state index contributed by atoms with van der Waals surface area (Å²) in [5.74, 6) is 1.39. The van der Waals surface area contributed by atoms with Crippen LogP contribution in [0.2, 0.25) is 5.02 Å². The van der Waals surface area contributed by atoms with Crippen LogP contribution in [-0.2, 0) is 4.74 Å². The zero-order chi connectivity index (χ0) is 12.3. The van der Waals surface area contributed by atoms with E-state index in [0.29, 0.717) is 17.0 Å². The normalized spacial score (nSPS) is 19.0. The molecule has 1 unspecified atom stereocenters. The van der Waals surface area contributed by atoms with E-state index in [9.17, 15) is 0 Å². The highest BCUT2D eigenvalue weighted by Crippen LogP contribution is 2.26. The Kier molecular flexibility index (Phi) is 4.65. The van der Waals surface area contributed by atoms with Gasteiger partial charge in [-0.1, -0.05) is 11.6 Å². The van der Waals surface area contributed by atoms with E-state index in [1.807, 2.05) is 6.07 Å². The van der Waals surface area contributed by atoms with E-state index < -0.39 is 0 Å². The minimum atomic E-state index is 0.366. The van der Waals surface area contributed by atoms with Gasteiger partial charge in [0.2, 0.25) is 0 Å². The Bertz CT molecular complexity index is 383. The number of ether oxygens (including phenoxy) is 1. The molecule has 1 aromatic heterocycles. The maximum atomic E-state index is 6.13. The molecular weight excluding hydrogens is 304 g/mol. The highest BCUT2D eigenvalue weighted by atomic mass is 79.9. The molecule has 3 nitrogen and oxygen atoms in total. The van der Waals surface area contributed by atoms with Gasteiger partial charge < -0.3 is 10.1 Å². The van der Waals surface area contributed by atoms with E-state index in [-0.39, 0.29) is 0 Å². The van der Waals surface area contributed by atoms with Crippen molar-refractivity contribution in [3.63, 3.8) is 0 Å². The van der Waals surface area contributed by atoms with Crippen LogP contribution in [0.25, 0.3) is 0 Å². The van der Waals surface area contributed by atoms with E-state index in [1.165, 1.54) is 0 Å². The van der Waals surface area contributed by atoms with Crippen molar-refractivity contribution in [2.45, 2.75) is 25.8 Å². The van der Waals surface area contributed by atoms with Gasteiger partial charge in [-0.2, -0.15) is 0 Å². The standard InChI is InChI=1S/C12H16BrClN2O/c1-8(9-2-4-17-5-3-9)16-12-11(14)6-10(13)7-15-12/h6-9H,2-5H2,1H3,(H,15,16). The average molecular weight is 320 g/mol. The molecule has 1 atom stereocenters. The number of nitrogens with zero attached hydrogens (tertiary/aromatic N) is 1. The summed E-state index contributed by atoms with van der Waals surface area (Å²) in [6.45, 7) is 3.90. The quantitative estimate of drug-likeness (QED) is 0.922. The zero-order valence-corrected chi connectivity index (χ0v) is 12.1. The lowest BCUT2D eigenvalue weighted by atomic mass is 9.93. The van der Waals surface area contributed by atoms with Gasteiger partial charge in [0.1, 0.15) is 5.82 Å². The van der Waals surface area contributed by atoms with Crippen LogP contribution in [0.4, 0.5) is 5.82 Å². The third-order valence-electron chi connectivity index (χ3n) is 3.15. The van der Waals surface area contributed by atoms with Crippen molar-refractivity contribution in [1.82, 2.24) is 4.98 Å². The van der Waals surface area contributed by atoms with Crippen LogP contribution in [0.3, 0.4) is 0 Å². The number of nitrogens with one attached hydrogen (secondary N) is 1. The summed E-state index contributed by atoms with van der Waals surface area (Å²) < 4.78 is 6.26. The predicted octanol–water partition coefficient (Wildman–Crippen LogP) is 3.72. The lowest BCUT2D eigenvalue weighted by molar-refractivity contribution is 0.0622. The molecule has 17 heavy (non-hydrogen) atoms. The van der Waals surface area contributed by atoms with Gasteiger partial charge in [-0.25, -0.2) is 4.98 Å². The summed E-state index contributed by atoms with van der Waals surface area (Å²) >= 11 is 9.48. The van der Waals surface area contributed by atoms with E-state index in [0.717, 1.165) is 36.3 Å². The fourth-order valence-electron chi connectivity index (χ4n) is 2.07. The Morgan fingerprint density at radius 1 is 1.53 bits per heavy atom. The predicted molar refractivity (Wildman–Crippen MR) is 73.6 cm³/mol.